The number of carbonyl (C=O) groups excluding carboxylic acids is 3. The molecule has 1 N–H and O–H groups in total. The van der Waals surface area contributed by atoms with Crippen molar-refractivity contribution in [2.24, 2.45) is 28.6 Å². The van der Waals surface area contributed by atoms with Crippen LogP contribution in [0.4, 0.5) is 9.18 Å². The number of methoxy groups -OCH3 is 1. The zero-order chi connectivity index (χ0) is 25.3. The first-order chi connectivity index (χ1) is 15.8. The number of alkyl halides is 2. The van der Waals surface area contributed by atoms with E-state index in [0.29, 0.717) is 6.42 Å². The maximum Gasteiger partial charge on any atom is 0.511 e. The van der Waals surface area contributed by atoms with Crippen molar-refractivity contribution >= 4 is 29.5 Å². The summed E-state index contributed by atoms with van der Waals surface area (Å²) < 4.78 is 31.9. The summed E-state index contributed by atoms with van der Waals surface area (Å²) in [6, 6.07) is 0. The van der Waals surface area contributed by atoms with Crippen molar-refractivity contribution in [3.63, 3.8) is 0 Å². The minimum absolute atomic E-state index is 0.00783. The van der Waals surface area contributed by atoms with Crippen LogP contribution in [0.5, 0.6) is 0 Å². The number of aliphatic hydroxyl groups is 1. The molecule has 0 unspecified atom stereocenters. The molecule has 4 aliphatic rings. The van der Waals surface area contributed by atoms with Crippen LogP contribution in [0.2, 0.25) is 0 Å². The molecule has 9 atom stereocenters. The van der Waals surface area contributed by atoms with Crippen LogP contribution in [-0.2, 0) is 23.8 Å². The number of ketones is 1. The number of aliphatic hydroxyl groups excluding tert-OH is 1. The molecule has 0 aromatic carbocycles. The molecule has 0 heterocycles. The number of hydrogen-bond donors (Lipinski definition) is 1. The van der Waals surface area contributed by atoms with Crippen molar-refractivity contribution in [3.8, 4) is 0 Å². The summed E-state index contributed by atoms with van der Waals surface area (Å²) in [7, 11) is 1.16. The van der Waals surface area contributed by atoms with Crippen molar-refractivity contribution < 1.29 is 38.1 Å². The van der Waals surface area contributed by atoms with Crippen molar-refractivity contribution in [1.29, 1.82) is 0 Å². The second-order valence-corrected chi connectivity index (χ2v) is 11.2. The molecule has 3 saturated carbocycles. The van der Waals surface area contributed by atoms with Crippen molar-refractivity contribution in [2.75, 3.05) is 7.11 Å². The van der Waals surface area contributed by atoms with Gasteiger partial charge in [0, 0.05) is 17.8 Å². The van der Waals surface area contributed by atoms with Crippen LogP contribution >= 0.6 is 11.6 Å². The van der Waals surface area contributed by atoms with E-state index in [0.717, 1.165) is 7.11 Å². The minimum atomic E-state index is -1.71. The molecule has 4 aliphatic carbocycles. The van der Waals surface area contributed by atoms with E-state index < -0.39 is 57.7 Å². The molecule has 34 heavy (non-hydrogen) atoms. The number of halogens is 2. The summed E-state index contributed by atoms with van der Waals surface area (Å²) in [5.74, 6) is -3.94. The summed E-state index contributed by atoms with van der Waals surface area (Å²) in [5.41, 5.74) is -1.88. The van der Waals surface area contributed by atoms with Crippen molar-refractivity contribution in [1.82, 2.24) is 0 Å². The smallest absolute Gasteiger partial charge is 0.438 e. The topological polar surface area (TPSA) is 99.1 Å². The van der Waals surface area contributed by atoms with Crippen LogP contribution < -0.4 is 0 Å². The van der Waals surface area contributed by atoms with Crippen molar-refractivity contribution in [2.45, 2.75) is 76.3 Å². The Morgan fingerprint density at radius 2 is 1.91 bits per heavy atom. The third-order valence-electron chi connectivity index (χ3n) is 9.03. The highest BCUT2D eigenvalue weighted by Gasteiger charge is 2.77. The van der Waals surface area contributed by atoms with Gasteiger partial charge in [0.25, 0.3) is 5.79 Å². The van der Waals surface area contributed by atoms with Gasteiger partial charge in [-0.25, -0.2) is 9.18 Å². The lowest BCUT2D eigenvalue weighted by Crippen LogP contribution is -2.70. The molecular weight excluding hydrogens is 467 g/mol. The Bertz CT molecular complexity index is 960. The van der Waals surface area contributed by atoms with Gasteiger partial charge in [0.15, 0.2) is 5.78 Å². The van der Waals surface area contributed by atoms with Gasteiger partial charge in [-0.3, -0.25) is 9.59 Å². The summed E-state index contributed by atoms with van der Waals surface area (Å²) in [6.07, 6.45) is 1.17. The van der Waals surface area contributed by atoms with Crippen molar-refractivity contribution in [3.05, 3.63) is 23.8 Å². The maximum absolute atomic E-state index is 15.6. The Hall–Kier alpha value is -1.93. The van der Waals surface area contributed by atoms with E-state index >= 15 is 4.39 Å². The first-order valence-corrected chi connectivity index (χ1v) is 12.1. The third kappa shape index (κ3) is 3.06. The summed E-state index contributed by atoms with van der Waals surface area (Å²) in [4.78, 5) is 35.5. The summed E-state index contributed by atoms with van der Waals surface area (Å²) in [5, 5.41) is 11.6. The molecule has 0 spiro atoms. The van der Waals surface area contributed by atoms with Crippen LogP contribution in [0.1, 0.15) is 53.4 Å². The zero-order valence-electron chi connectivity index (χ0n) is 20.1. The molecule has 0 aromatic heterocycles. The monoisotopic (exact) mass is 498 g/mol. The Morgan fingerprint density at radius 1 is 1.24 bits per heavy atom. The van der Waals surface area contributed by atoms with E-state index in [2.05, 4.69) is 0 Å². The van der Waals surface area contributed by atoms with E-state index in [1.165, 1.54) is 12.2 Å². The van der Waals surface area contributed by atoms with E-state index in [1.54, 1.807) is 33.8 Å². The van der Waals surface area contributed by atoms with Gasteiger partial charge in [-0.2, -0.15) is 0 Å². The molecule has 3 fully saturated rings. The minimum Gasteiger partial charge on any atom is -0.438 e. The third-order valence-corrected chi connectivity index (χ3v) is 9.95. The highest BCUT2D eigenvalue weighted by molar-refractivity contribution is 6.26. The van der Waals surface area contributed by atoms with Gasteiger partial charge in [-0.1, -0.05) is 33.8 Å². The number of ether oxygens (including phenoxy) is 3. The molecular formula is C25H32ClFO7. The van der Waals surface area contributed by atoms with Gasteiger partial charge in [0.05, 0.1) is 23.5 Å². The van der Waals surface area contributed by atoms with Crippen LogP contribution in [0.3, 0.4) is 0 Å². The normalized spacial score (nSPS) is 47.1. The summed E-state index contributed by atoms with van der Waals surface area (Å²) in [6.45, 7) is 6.99. The van der Waals surface area contributed by atoms with Gasteiger partial charge in [-0.15, -0.1) is 11.6 Å². The highest BCUT2D eigenvalue weighted by Crippen LogP contribution is 2.72. The molecule has 0 amide bonds. The molecule has 188 valence electrons. The Balaban J connectivity index is 1.85. The molecule has 9 heteroatoms. The quantitative estimate of drug-likeness (QED) is 0.352. The van der Waals surface area contributed by atoms with Crippen LogP contribution in [0, 0.1) is 28.6 Å². The molecule has 7 nitrogen and oxygen atoms in total. The van der Waals surface area contributed by atoms with E-state index in [1.807, 2.05) is 0 Å². The van der Waals surface area contributed by atoms with Crippen LogP contribution in [0.15, 0.2) is 23.8 Å². The number of fused-ring (bicyclic) bond motifs is 5. The predicted octanol–water partition coefficient (Wildman–Crippen LogP) is 4.25. The van der Waals surface area contributed by atoms with E-state index in [4.69, 9.17) is 25.8 Å². The number of allylic oxidation sites excluding steroid dienone is 4. The Labute approximate surface area is 203 Å². The van der Waals surface area contributed by atoms with Gasteiger partial charge >= 0.3 is 12.1 Å². The second-order valence-electron chi connectivity index (χ2n) is 10.5. The fraction of sp³-hybridized carbons (Fsp3) is 0.720. The molecule has 4 rings (SSSR count). The first-order valence-electron chi connectivity index (χ1n) is 11.8. The fourth-order valence-electron chi connectivity index (χ4n) is 7.35. The maximum atomic E-state index is 15.6. The van der Waals surface area contributed by atoms with Crippen LogP contribution in [0.25, 0.3) is 0 Å². The number of rotatable bonds is 3. The predicted molar refractivity (Wildman–Crippen MR) is 121 cm³/mol. The zero-order valence-corrected chi connectivity index (χ0v) is 20.9. The second kappa shape index (κ2) is 8.05. The molecule has 0 radical (unpaired) electrons. The molecule has 0 saturated heterocycles. The largest absolute Gasteiger partial charge is 0.511 e. The lowest BCUT2D eigenvalue weighted by molar-refractivity contribution is -0.287. The average molecular weight is 499 g/mol. The van der Waals surface area contributed by atoms with Gasteiger partial charge < -0.3 is 19.3 Å². The Kier molecular flexibility index (Phi) is 5.96. The fourth-order valence-corrected chi connectivity index (χ4v) is 7.84. The van der Waals surface area contributed by atoms with Gasteiger partial charge in [0.2, 0.25) is 0 Å². The van der Waals surface area contributed by atoms with E-state index in [-0.39, 0.29) is 36.5 Å². The van der Waals surface area contributed by atoms with Crippen LogP contribution in [-0.4, -0.2) is 53.1 Å². The SMILES string of the molecule is CCC(=O)O[C@]1(OC(=O)OC)[C@H](C)C[C@H]2[C@@H]3C[C@H](F)C4=CC(=O)C=C[C@]4(C)[C@@]3(Cl)[C@@H](O)C[C@@]21C. The number of carbonyl (C=O) groups is 3. The summed E-state index contributed by atoms with van der Waals surface area (Å²) >= 11 is 7.33. The standard InChI is InChI=1S/C25H32ClFO7/c1-6-20(30)33-25(34-21(31)32-5)13(2)9-15-16-11-18(27)17-10-14(28)7-8-22(17,3)24(16,26)19(29)12-23(15,25)4/h7-8,10,13,15-16,18-19,29H,6,9,11-12H2,1-5H3/t13-,15+,16+,18+,19+,22+,23+,24+,25+/m1/s1. The lowest BCUT2D eigenvalue weighted by atomic mass is 9.46. The first kappa shape index (κ1) is 25.2. The Morgan fingerprint density at radius 3 is 2.53 bits per heavy atom. The number of esters is 1. The average Bonchev–Trinajstić information content (AvgIpc) is 2.98. The van der Waals surface area contributed by atoms with Gasteiger partial charge in [0.1, 0.15) is 6.17 Å². The highest BCUT2D eigenvalue weighted by atomic mass is 35.5. The lowest BCUT2D eigenvalue weighted by Gasteiger charge is -2.64. The number of hydrogen-bond acceptors (Lipinski definition) is 7. The molecule has 0 aliphatic heterocycles. The van der Waals surface area contributed by atoms with E-state index in [9.17, 15) is 19.5 Å². The van der Waals surface area contributed by atoms with Gasteiger partial charge in [-0.05, 0) is 48.8 Å². The molecule has 0 bridgehead atoms. The molecule has 0 aromatic rings.